The normalized spacial score (nSPS) is 25.2. The molecule has 2 fully saturated rings. The molecule has 27 heavy (non-hydrogen) atoms. The van der Waals surface area contributed by atoms with Crippen LogP contribution in [0.2, 0.25) is 0 Å². The summed E-state index contributed by atoms with van der Waals surface area (Å²) in [4.78, 5) is 17.4. The van der Waals surface area contributed by atoms with Crippen molar-refractivity contribution in [2.24, 2.45) is 18.4 Å². The summed E-state index contributed by atoms with van der Waals surface area (Å²) in [5, 5.41) is 14.2. The summed E-state index contributed by atoms with van der Waals surface area (Å²) in [7, 11) is 1.87. The quantitative estimate of drug-likeness (QED) is 0.771. The molecule has 146 valence electrons. The number of aromatic nitrogens is 4. The molecule has 8 nitrogen and oxygen atoms in total. The molecule has 0 spiro atoms. The highest BCUT2D eigenvalue weighted by Crippen LogP contribution is 2.43. The number of ether oxygens (including phenoxy) is 1. The van der Waals surface area contributed by atoms with E-state index in [1.54, 1.807) is 10.9 Å². The number of nitrogens with zero attached hydrogens (tertiary/aromatic N) is 6. The van der Waals surface area contributed by atoms with Gasteiger partial charge in [-0.05, 0) is 19.8 Å². The van der Waals surface area contributed by atoms with E-state index in [9.17, 15) is 4.79 Å². The Kier molecular flexibility index (Phi) is 4.67. The Balaban J connectivity index is 1.39. The molecule has 1 amide bonds. The molecule has 2 saturated heterocycles. The van der Waals surface area contributed by atoms with Gasteiger partial charge in [-0.1, -0.05) is 18.3 Å². The molecular weight excluding hydrogens is 364 g/mol. The van der Waals surface area contributed by atoms with Crippen LogP contribution in [0.4, 0.5) is 0 Å². The number of rotatable bonds is 5. The van der Waals surface area contributed by atoms with Crippen molar-refractivity contribution in [3.05, 3.63) is 22.5 Å². The average molecular weight is 391 g/mol. The van der Waals surface area contributed by atoms with Gasteiger partial charge in [0.2, 0.25) is 0 Å². The third kappa shape index (κ3) is 3.34. The number of aryl methyl sites for hydroxylation is 1. The molecule has 0 N–H and O–H groups in total. The van der Waals surface area contributed by atoms with E-state index in [-0.39, 0.29) is 11.3 Å². The molecule has 2 aliphatic heterocycles. The van der Waals surface area contributed by atoms with Gasteiger partial charge in [0.25, 0.3) is 11.1 Å². The van der Waals surface area contributed by atoms with Gasteiger partial charge in [0.1, 0.15) is 5.01 Å². The highest BCUT2D eigenvalue weighted by atomic mass is 32.1. The molecular formula is C18H26N6O2S. The van der Waals surface area contributed by atoms with Crippen LogP contribution >= 0.6 is 11.3 Å². The van der Waals surface area contributed by atoms with Gasteiger partial charge in [0.15, 0.2) is 0 Å². The SMILES string of the molecule is CCOc1nnc(CN2C[C@@H]3CN(C(=O)c4cnn(C)c4C)C[C@]3(C)C2)s1. The van der Waals surface area contributed by atoms with Crippen molar-refractivity contribution in [1.82, 2.24) is 29.8 Å². The summed E-state index contributed by atoms with van der Waals surface area (Å²) in [5.74, 6) is 0.589. The molecule has 0 unspecified atom stereocenters. The minimum atomic E-state index is 0.105. The Labute approximate surface area is 163 Å². The summed E-state index contributed by atoms with van der Waals surface area (Å²) in [6.45, 7) is 11.1. The first kappa shape index (κ1) is 18.4. The lowest BCUT2D eigenvalue weighted by Gasteiger charge is -2.25. The minimum Gasteiger partial charge on any atom is -0.469 e. The van der Waals surface area contributed by atoms with E-state index in [0.29, 0.717) is 17.7 Å². The predicted molar refractivity (Wildman–Crippen MR) is 102 cm³/mol. The lowest BCUT2D eigenvalue weighted by molar-refractivity contribution is 0.0761. The number of carbonyl (C=O) groups is 1. The monoisotopic (exact) mass is 390 g/mol. The molecule has 2 aromatic rings. The molecule has 2 atom stereocenters. The van der Waals surface area contributed by atoms with Crippen molar-refractivity contribution in [3.8, 4) is 5.19 Å². The van der Waals surface area contributed by atoms with E-state index in [2.05, 4.69) is 27.1 Å². The minimum absolute atomic E-state index is 0.105. The molecule has 0 radical (unpaired) electrons. The van der Waals surface area contributed by atoms with Crippen molar-refractivity contribution in [1.29, 1.82) is 0 Å². The predicted octanol–water partition coefficient (Wildman–Crippen LogP) is 1.57. The van der Waals surface area contributed by atoms with Gasteiger partial charge in [-0.3, -0.25) is 14.4 Å². The fourth-order valence-electron chi connectivity index (χ4n) is 4.29. The maximum atomic E-state index is 12.9. The first-order chi connectivity index (χ1) is 12.9. The Morgan fingerprint density at radius 3 is 2.85 bits per heavy atom. The number of carbonyl (C=O) groups excluding carboxylic acids is 1. The second kappa shape index (κ2) is 6.87. The number of amides is 1. The van der Waals surface area contributed by atoms with Crippen molar-refractivity contribution < 1.29 is 9.53 Å². The zero-order valence-electron chi connectivity index (χ0n) is 16.3. The van der Waals surface area contributed by atoms with Gasteiger partial charge in [0, 0.05) is 44.3 Å². The second-order valence-electron chi connectivity index (χ2n) is 7.87. The molecule has 2 aliphatic rings. The molecule has 4 heterocycles. The molecule has 4 rings (SSSR count). The Bertz CT molecular complexity index is 849. The molecule has 0 aliphatic carbocycles. The maximum absolute atomic E-state index is 12.9. The molecule has 0 saturated carbocycles. The van der Waals surface area contributed by atoms with Gasteiger partial charge in [-0.25, -0.2) is 0 Å². The van der Waals surface area contributed by atoms with Crippen molar-refractivity contribution in [2.75, 3.05) is 32.8 Å². The largest absolute Gasteiger partial charge is 0.469 e. The van der Waals surface area contributed by atoms with Gasteiger partial charge in [0.05, 0.1) is 24.9 Å². The Morgan fingerprint density at radius 1 is 1.37 bits per heavy atom. The topological polar surface area (TPSA) is 76.4 Å². The van der Waals surface area contributed by atoms with E-state index in [0.717, 1.165) is 49.0 Å². The van der Waals surface area contributed by atoms with Gasteiger partial charge in [-0.2, -0.15) is 5.10 Å². The third-order valence-electron chi connectivity index (χ3n) is 5.87. The van der Waals surface area contributed by atoms with Crippen LogP contribution in [0.3, 0.4) is 0 Å². The summed E-state index contributed by atoms with van der Waals surface area (Å²) >= 11 is 1.52. The van der Waals surface area contributed by atoms with E-state index in [4.69, 9.17) is 4.74 Å². The van der Waals surface area contributed by atoms with Crippen LogP contribution < -0.4 is 4.74 Å². The fraction of sp³-hybridized carbons (Fsp3) is 0.667. The van der Waals surface area contributed by atoms with Gasteiger partial charge < -0.3 is 9.64 Å². The molecule has 2 aromatic heterocycles. The summed E-state index contributed by atoms with van der Waals surface area (Å²) in [6, 6.07) is 0. The van der Waals surface area contributed by atoms with E-state index >= 15 is 0 Å². The van der Waals surface area contributed by atoms with Crippen molar-refractivity contribution >= 4 is 17.2 Å². The molecule has 0 aromatic carbocycles. The zero-order valence-corrected chi connectivity index (χ0v) is 17.1. The van der Waals surface area contributed by atoms with Crippen molar-refractivity contribution in [2.45, 2.75) is 27.3 Å². The standard InChI is InChI=1S/C18H26N6O2S/c1-5-26-17-21-20-15(27-17)9-23-7-13-8-24(11-18(13,3)10-23)16(25)14-6-19-22(4)12(14)2/h6,13H,5,7-11H2,1-4H3/t13-,18+/m1/s1. The fourth-order valence-corrected chi connectivity index (χ4v) is 5.08. The molecule has 0 bridgehead atoms. The average Bonchev–Trinajstić information content (AvgIpc) is 3.33. The third-order valence-corrected chi connectivity index (χ3v) is 6.69. The highest BCUT2D eigenvalue weighted by molar-refractivity contribution is 7.13. The number of hydrogen-bond acceptors (Lipinski definition) is 7. The smallest absolute Gasteiger partial charge is 0.294 e. The summed E-state index contributed by atoms with van der Waals surface area (Å²) in [5.41, 5.74) is 1.76. The van der Waals surface area contributed by atoms with E-state index < -0.39 is 0 Å². The van der Waals surface area contributed by atoms with Crippen LogP contribution in [0.5, 0.6) is 5.19 Å². The van der Waals surface area contributed by atoms with Crippen LogP contribution in [0.25, 0.3) is 0 Å². The van der Waals surface area contributed by atoms with Gasteiger partial charge >= 0.3 is 0 Å². The zero-order chi connectivity index (χ0) is 19.2. The lowest BCUT2D eigenvalue weighted by Crippen LogP contribution is -2.35. The highest BCUT2D eigenvalue weighted by Gasteiger charge is 2.50. The maximum Gasteiger partial charge on any atom is 0.294 e. The first-order valence-electron chi connectivity index (χ1n) is 9.35. The van der Waals surface area contributed by atoms with Gasteiger partial charge in [-0.15, -0.1) is 10.2 Å². The lowest BCUT2D eigenvalue weighted by atomic mass is 9.83. The summed E-state index contributed by atoms with van der Waals surface area (Å²) in [6.07, 6.45) is 1.69. The first-order valence-corrected chi connectivity index (χ1v) is 10.2. The summed E-state index contributed by atoms with van der Waals surface area (Å²) < 4.78 is 7.17. The number of hydrogen-bond donors (Lipinski definition) is 0. The molecule has 9 heteroatoms. The van der Waals surface area contributed by atoms with Crippen LogP contribution in [0.15, 0.2) is 6.20 Å². The van der Waals surface area contributed by atoms with Crippen LogP contribution in [0.1, 0.15) is 34.9 Å². The number of likely N-dealkylation sites (tertiary alicyclic amines) is 2. The van der Waals surface area contributed by atoms with Crippen molar-refractivity contribution in [3.63, 3.8) is 0 Å². The van der Waals surface area contributed by atoms with E-state index in [1.807, 2.05) is 25.8 Å². The Hall–Kier alpha value is -2.00. The second-order valence-corrected chi connectivity index (χ2v) is 8.89. The number of fused-ring (bicyclic) bond motifs is 1. The Morgan fingerprint density at radius 2 is 2.19 bits per heavy atom. The van der Waals surface area contributed by atoms with Crippen LogP contribution in [0, 0.1) is 18.3 Å². The van der Waals surface area contributed by atoms with Crippen LogP contribution in [-0.2, 0) is 13.6 Å². The van der Waals surface area contributed by atoms with E-state index in [1.165, 1.54) is 11.3 Å². The van der Waals surface area contributed by atoms with Crippen LogP contribution in [-0.4, -0.2) is 68.5 Å².